The molecular formula is C38H42F5N5O7S. The molecular weight excluding hydrogens is 766 g/mol. The highest BCUT2D eigenvalue weighted by molar-refractivity contribution is 7.91. The van der Waals surface area contributed by atoms with Crippen LogP contribution in [0.3, 0.4) is 0 Å². The van der Waals surface area contributed by atoms with Crippen molar-refractivity contribution in [2.45, 2.75) is 112 Å². The van der Waals surface area contributed by atoms with Crippen molar-refractivity contribution in [3.05, 3.63) is 76.9 Å². The minimum atomic E-state index is -5.02. The largest absolute Gasteiger partial charge is 0.444 e. The maximum absolute atomic E-state index is 14.5. The molecule has 3 N–H and O–H groups in total. The molecule has 3 heterocycles. The van der Waals surface area contributed by atoms with E-state index in [1.807, 2.05) is 6.08 Å². The molecule has 56 heavy (non-hydrogen) atoms. The first-order valence-electron chi connectivity index (χ1n) is 18.6. The van der Waals surface area contributed by atoms with Crippen LogP contribution in [0.25, 0.3) is 0 Å². The summed E-state index contributed by atoms with van der Waals surface area (Å²) in [6, 6.07) is 4.16. The molecule has 7 rings (SSSR count). The van der Waals surface area contributed by atoms with E-state index < -0.39 is 91.6 Å². The van der Waals surface area contributed by atoms with E-state index >= 15 is 0 Å². The zero-order valence-corrected chi connectivity index (χ0v) is 31.3. The minimum Gasteiger partial charge on any atom is -0.444 e. The molecule has 2 saturated carbocycles. The van der Waals surface area contributed by atoms with E-state index in [2.05, 4.69) is 15.4 Å². The topological polar surface area (TPSA) is 154 Å². The van der Waals surface area contributed by atoms with Gasteiger partial charge in [-0.15, -0.1) is 0 Å². The van der Waals surface area contributed by atoms with Crippen molar-refractivity contribution in [1.82, 2.24) is 19.8 Å². The molecule has 4 amide bonds. The van der Waals surface area contributed by atoms with Crippen LogP contribution in [0.5, 0.6) is 0 Å². The van der Waals surface area contributed by atoms with Gasteiger partial charge < -0.3 is 20.3 Å². The van der Waals surface area contributed by atoms with Gasteiger partial charge in [0.25, 0.3) is 5.91 Å². The van der Waals surface area contributed by atoms with Crippen molar-refractivity contribution < 1.29 is 54.3 Å². The minimum absolute atomic E-state index is 0.0588. The fourth-order valence-electron chi connectivity index (χ4n) is 7.71. The molecule has 0 bridgehead atoms. The number of nitrogens with one attached hydrogen (secondary N) is 3. The Hall–Kier alpha value is -4.74. The monoisotopic (exact) mass is 807 g/mol. The van der Waals surface area contributed by atoms with Gasteiger partial charge in [0.05, 0.1) is 23.4 Å². The summed E-state index contributed by atoms with van der Waals surface area (Å²) in [6.45, 7) is 1.19. The Balaban J connectivity index is 1.17. The van der Waals surface area contributed by atoms with Crippen molar-refractivity contribution in [2.75, 3.05) is 11.9 Å². The highest BCUT2D eigenvalue weighted by Crippen LogP contribution is 2.47. The smallest absolute Gasteiger partial charge is 0.419 e. The standard InChI is InChI=1S/C38H42F5N5O7S/c1-36(14-15-36)56(53,54)46-34(51)37-18-23(37)9-5-3-2-4-6-11-30(44-24-12-13-29(40)27(16-24)38(41,42)43)33(50)48-20-25(17-31(48)32(49)45-37)55-35(52)47-19-22-8-7-10-28(39)26(22)21-47/h5,7-10,12-13,16,23,25,30-31,44H,2-4,6,11,14-15,17-21H2,1H3,(H,45,49)(H,46,51)/b9-5-/t23-,25+,30-,31-,37+/m0/s1. The number of carbonyl (C=O) groups is 4. The molecule has 2 aromatic rings. The van der Waals surface area contributed by atoms with Crippen LogP contribution in [0.4, 0.5) is 32.4 Å². The number of ether oxygens (including phenoxy) is 1. The maximum Gasteiger partial charge on any atom is 0.419 e. The van der Waals surface area contributed by atoms with Gasteiger partial charge in [0.2, 0.25) is 21.8 Å². The molecule has 0 radical (unpaired) electrons. The summed E-state index contributed by atoms with van der Waals surface area (Å²) >= 11 is 0. The lowest BCUT2D eigenvalue weighted by atomic mass is 10.0. The first-order chi connectivity index (χ1) is 26.4. The zero-order valence-electron chi connectivity index (χ0n) is 30.5. The highest BCUT2D eigenvalue weighted by atomic mass is 32.2. The number of benzene rings is 2. The summed E-state index contributed by atoms with van der Waals surface area (Å²) in [4.78, 5) is 58.3. The summed E-state index contributed by atoms with van der Waals surface area (Å²) in [6.07, 6.45) is -0.425. The second-order valence-corrected chi connectivity index (χ2v) is 17.8. The van der Waals surface area contributed by atoms with E-state index in [1.54, 1.807) is 12.1 Å². The van der Waals surface area contributed by atoms with E-state index in [0.717, 1.165) is 11.0 Å². The van der Waals surface area contributed by atoms with Crippen molar-refractivity contribution in [3.8, 4) is 0 Å². The molecule has 5 atom stereocenters. The van der Waals surface area contributed by atoms with Gasteiger partial charge in [-0.25, -0.2) is 22.0 Å². The molecule has 2 aromatic carbocycles. The number of sulfonamides is 1. The van der Waals surface area contributed by atoms with Gasteiger partial charge in [0.1, 0.15) is 35.4 Å². The van der Waals surface area contributed by atoms with Crippen LogP contribution in [0.1, 0.15) is 81.4 Å². The van der Waals surface area contributed by atoms with Crippen molar-refractivity contribution in [2.24, 2.45) is 5.92 Å². The lowest BCUT2D eigenvalue weighted by molar-refractivity contribution is -0.140. The summed E-state index contributed by atoms with van der Waals surface area (Å²) < 4.78 is 102. The maximum atomic E-state index is 14.5. The van der Waals surface area contributed by atoms with Gasteiger partial charge >= 0.3 is 12.3 Å². The molecule has 0 spiro atoms. The Kier molecular flexibility index (Phi) is 10.3. The van der Waals surface area contributed by atoms with Gasteiger partial charge in [-0.05, 0) is 75.3 Å². The Morgan fingerprint density at radius 1 is 1.02 bits per heavy atom. The van der Waals surface area contributed by atoms with Crippen LogP contribution in [0, 0.1) is 17.6 Å². The molecule has 12 nitrogen and oxygen atoms in total. The van der Waals surface area contributed by atoms with Crippen LogP contribution in [0.15, 0.2) is 48.6 Å². The van der Waals surface area contributed by atoms with Gasteiger partial charge in [-0.1, -0.05) is 37.1 Å². The molecule has 3 aliphatic heterocycles. The van der Waals surface area contributed by atoms with Gasteiger partial charge in [-0.3, -0.25) is 24.0 Å². The number of fused-ring (bicyclic) bond motifs is 3. The Labute approximate surface area is 320 Å². The van der Waals surface area contributed by atoms with Crippen molar-refractivity contribution >= 4 is 39.5 Å². The average molecular weight is 808 g/mol. The number of allylic oxidation sites excluding steroid dienone is 1. The van der Waals surface area contributed by atoms with Gasteiger partial charge in [0, 0.05) is 30.1 Å². The number of anilines is 1. The lowest BCUT2D eigenvalue weighted by Gasteiger charge is -2.30. The first-order valence-corrected chi connectivity index (χ1v) is 20.1. The van der Waals surface area contributed by atoms with E-state index in [0.29, 0.717) is 61.8 Å². The van der Waals surface area contributed by atoms with Crippen molar-refractivity contribution in [1.29, 1.82) is 0 Å². The fraction of sp³-hybridized carbons (Fsp3) is 0.526. The van der Waals surface area contributed by atoms with Crippen molar-refractivity contribution in [3.63, 3.8) is 0 Å². The number of rotatable bonds is 6. The summed E-state index contributed by atoms with van der Waals surface area (Å²) in [7, 11) is -4.09. The first kappa shape index (κ1) is 39.5. The number of alkyl halides is 3. The van der Waals surface area contributed by atoms with Gasteiger partial charge in [0.15, 0.2) is 0 Å². The quantitative estimate of drug-likeness (QED) is 0.264. The number of amides is 4. The Bertz CT molecular complexity index is 2080. The fourth-order valence-corrected chi connectivity index (χ4v) is 9.02. The number of hydrogen-bond donors (Lipinski definition) is 3. The summed E-state index contributed by atoms with van der Waals surface area (Å²) in [5.74, 6) is -5.02. The molecule has 0 unspecified atom stereocenters. The Morgan fingerprint density at radius 3 is 2.50 bits per heavy atom. The van der Waals surface area contributed by atoms with Crippen LogP contribution >= 0.6 is 0 Å². The number of nitrogens with zero attached hydrogens (tertiary/aromatic N) is 2. The average Bonchev–Trinajstić information content (AvgIpc) is 3.92. The normalized spacial score (nSPS) is 28.1. The number of halogens is 5. The molecule has 0 aromatic heterocycles. The van der Waals surface area contributed by atoms with Crippen LogP contribution in [-0.2, 0) is 48.4 Å². The molecule has 18 heteroatoms. The highest BCUT2D eigenvalue weighted by Gasteiger charge is 2.63. The van der Waals surface area contributed by atoms with E-state index in [1.165, 1.54) is 24.0 Å². The van der Waals surface area contributed by atoms with E-state index in [-0.39, 0.29) is 44.6 Å². The summed E-state index contributed by atoms with van der Waals surface area (Å²) in [5, 5.41) is 5.53. The van der Waals surface area contributed by atoms with Crippen LogP contribution < -0.4 is 15.4 Å². The predicted octanol–water partition coefficient (Wildman–Crippen LogP) is 5.28. The summed E-state index contributed by atoms with van der Waals surface area (Å²) in [5.41, 5.74) is -2.47. The van der Waals surface area contributed by atoms with Gasteiger partial charge in [-0.2, -0.15) is 13.2 Å². The SMILES string of the molecule is CC1(S(=O)(=O)NC(=O)[C@@]23C[C@@H]2/C=C\CCCCC[C@H](Nc2ccc(F)c(C(F)(F)F)c2)C(=O)N2C[C@H](OC(=O)N4Cc5cccc(F)c5C4)C[C@H]2C(=O)N3)CC1. The molecule has 1 saturated heterocycles. The molecule has 2 aliphatic carbocycles. The van der Waals surface area contributed by atoms with Crippen LogP contribution in [-0.4, -0.2) is 77.1 Å². The molecule has 5 aliphatic rings. The third-order valence-corrected chi connectivity index (χ3v) is 13.7. The second kappa shape index (κ2) is 14.6. The lowest BCUT2D eigenvalue weighted by Crippen LogP contribution is -2.58. The van der Waals surface area contributed by atoms with E-state index in [4.69, 9.17) is 4.74 Å². The van der Waals surface area contributed by atoms with E-state index in [9.17, 15) is 49.5 Å². The second-order valence-electron chi connectivity index (χ2n) is 15.6. The Morgan fingerprint density at radius 2 is 1.79 bits per heavy atom. The molecule has 302 valence electrons. The number of carbonyl (C=O) groups excluding carboxylic acids is 4. The molecule has 3 fully saturated rings. The van der Waals surface area contributed by atoms with Crippen LogP contribution in [0.2, 0.25) is 0 Å². The third kappa shape index (κ3) is 7.80. The number of hydrogen-bond acceptors (Lipinski definition) is 8. The zero-order chi connectivity index (χ0) is 40.2. The predicted molar refractivity (Wildman–Crippen MR) is 191 cm³/mol. The third-order valence-electron chi connectivity index (χ3n) is 11.5.